The summed E-state index contributed by atoms with van der Waals surface area (Å²) in [6, 6.07) is 0. The molecule has 0 aliphatic heterocycles. The zero-order chi connectivity index (χ0) is 15.6. The summed E-state index contributed by atoms with van der Waals surface area (Å²) in [5.74, 6) is 1.08. The Balaban J connectivity index is 0. The first-order chi connectivity index (χ1) is 10.3. The predicted octanol–water partition coefficient (Wildman–Crippen LogP) is 4.85. The van der Waals surface area contributed by atoms with Crippen LogP contribution in [0.2, 0.25) is 5.02 Å². The van der Waals surface area contributed by atoms with Crippen LogP contribution in [0.25, 0.3) is 0 Å². The van der Waals surface area contributed by atoms with Gasteiger partial charge in [0, 0.05) is 0 Å². The summed E-state index contributed by atoms with van der Waals surface area (Å²) in [5, 5.41) is 1.53. The van der Waals surface area contributed by atoms with Gasteiger partial charge in [-0.25, -0.2) is 0 Å². The van der Waals surface area contributed by atoms with Crippen molar-refractivity contribution in [1.82, 2.24) is 0 Å². The van der Waals surface area contributed by atoms with Crippen molar-refractivity contribution in [2.75, 3.05) is 0 Å². The van der Waals surface area contributed by atoms with E-state index in [1.807, 2.05) is 0 Å². The molecule has 0 bridgehead atoms. The van der Waals surface area contributed by atoms with E-state index >= 15 is 0 Å². The fraction of sp³-hybridized carbons (Fsp3) is 1.00. The van der Waals surface area contributed by atoms with Crippen molar-refractivity contribution in [2.45, 2.75) is 122 Å². The Bertz CT molecular complexity index is 185. The molecule has 2 heteroatoms. The number of hydrogen-bond donors (Lipinski definition) is 0. The molecule has 0 heterocycles. The molecule has 1 atom stereocenters. The van der Waals surface area contributed by atoms with Gasteiger partial charge in [-0.3, -0.25) is 0 Å². The minimum atomic E-state index is 0. The van der Waals surface area contributed by atoms with Gasteiger partial charge in [0.25, 0.3) is 0 Å². The van der Waals surface area contributed by atoms with Gasteiger partial charge in [0.1, 0.15) is 0 Å². The molecule has 0 aromatic heterocycles. The Labute approximate surface area is 162 Å². The normalized spacial score (nSPS) is 12.2. The van der Waals surface area contributed by atoms with Crippen LogP contribution in [-0.2, 0) is 18.3 Å². The van der Waals surface area contributed by atoms with E-state index in [9.17, 15) is 0 Å². The van der Waals surface area contributed by atoms with Gasteiger partial charge in [-0.2, -0.15) is 0 Å². The zero-order valence-electron chi connectivity index (χ0n) is 15.7. The smallest absolute Gasteiger partial charge is 1.00 e. The quantitative estimate of drug-likeness (QED) is 0.230. The van der Waals surface area contributed by atoms with Gasteiger partial charge < -0.3 is 17.0 Å². The van der Waals surface area contributed by atoms with E-state index in [4.69, 9.17) is 0 Å². The Morgan fingerprint density at radius 2 is 0.864 bits per heavy atom. The average molecular weight is 427 g/mol. The second kappa shape index (κ2) is 22.1. The molecule has 0 radical (unpaired) electrons. The largest absolute Gasteiger partial charge is 1.00 e. The molecule has 0 amide bonds. The molecule has 0 saturated carbocycles. The zero-order valence-corrected chi connectivity index (χ0v) is 20.2. The van der Waals surface area contributed by atoms with Crippen LogP contribution in [0.15, 0.2) is 0 Å². The summed E-state index contributed by atoms with van der Waals surface area (Å²) in [5.41, 5.74) is 0. The molecule has 0 nitrogen and oxygen atoms in total. The van der Waals surface area contributed by atoms with Gasteiger partial charge in [-0.1, -0.05) is 0 Å². The first-order valence-electron chi connectivity index (χ1n) is 10.1. The SMILES string of the molecule is CCCCCCCCCCC([CH2][Zn+])CCCCCCCC.[Br-]. The van der Waals surface area contributed by atoms with Gasteiger partial charge in [-0.15, -0.1) is 0 Å². The van der Waals surface area contributed by atoms with E-state index in [-0.39, 0.29) is 17.0 Å². The van der Waals surface area contributed by atoms with E-state index in [0.29, 0.717) is 0 Å². The number of rotatable bonds is 17. The fourth-order valence-electron chi connectivity index (χ4n) is 3.21. The third kappa shape index (κ3) is 19.2. The number of halogens is 1. The second-order valence-corrected chi connectivity index (χ2v) is 8.19. The van der Waals surface area contributed by atoms with Gasteiger partial charge in [-0.05, 0) is 0 Å². The third-order valence-electron chi connectivity index (χ3n) is 4.84. The molecule has 0 aliphatic rings. The van der Waals surface area contributed by atoms with E-state index in [2.05, 4.69) is 13.8 Å². The summed E-state index contributed by atoms with van der Waals surface area (Å²) in [6.07, 6.45) is 23.6. The standard InChI is InChI=1S/C20H41.BrH.Zn/c1-4-6-8-10-12-13-15-17-19-20(3)18-16-14-11-9-7-5-2;;/h20H,3-19H2,1-2H3;1H;/q;;+1/p-1. The molecule has 0 rings (SSSR count). The topological polar surface area (TPSA) is 0 Å². The maximum Gasteiger partial charge on any atom is -1.00 e. The van der Waals surface area contributed by atoms with E-state index in [1.165, 1.54) is 126 Å². The van der Waals surface area contributed by atoms with E-state index < -0.39 is 0 Å². The molecule has 130 valence electrons. The van der Waals surface area contributed by atoms with Gasteiger partial charge in [0.2, 0.25) is 0 Å². The summed E-state index contributed by atoms with van der Waals surface area (Å²) in [6.45, 7) is 4.61. The minimum Gasteiger partial charge on any atom is -1.00 e. The predicted molar refractivity (Wildman–Crippen MR) is 93.5 cm³/mol. The van der Waals surface area contributed by atoms with Crippen molar-refractivity contribution < 1.29 is 35.3 Å². The van der Waals surface area contributed by atoms with Gasteiger partial charge in [0.05, 0.1) is 0 Å². The van der Waals surface area contributed by atoms with Crippen molar-refractivity contribution >= 4 is 0 Å². The molecule has 0 aromatic carbocycles. The van der Waals surface area contributed by atoms with Gasteiger partial charge >= 0.3 is 146 Å². The van der Waals surface area contributed by atoms with Crippen molar-refractivity contribution in [3.8, 4) is 0 Å². The Hall–Kier alpha value is 1.10. The summed E-state index contributed by atoms with van der Waals surface area (Å²) in [7, 11) is 0. The molecule has 0 fully saturated rings. The summed E-state index contributed by atoms with van der Waals surface area (Å²) in [4.78, 5) is 0. The fourth-order valence-corrected chi connectivity index (χ4v) is 4.42. The van der Waals surface area contributed by atoms with E-state index in [1.54, 1.807) is 0 Å². The number of hydrogen-bond acceptors (Lipinski definition) is 0. The van der Waals surface area contributed by atoms with Crippen molar-refractivity contribution in [3.05, 3.63) is 0 Å². The molecule has 1 unspecified atom stereocenters. The monoisotopic (exact) mass is 424 g/mol. The molecular formula is C20H41BrZn. The van der Waals surface area contributed by atoms with Crippen molar-refractivity contribution in [1.29, 1.82) is 0 Å². The number of unbranched alkanes of at least 4 members (excludes halogenated alkanes) is 12. The first-order valence-corrected chi connectivity index (χ1v) is 12.2. The Morgan fingerprint density at radius 3 is 1.18 bits per heavy atom. The van der Waals surface area contributed by atoms with Crippen LogP contribution in [0.3, 0.4) is 0 Å². The maximum atomic E-state index is 2.31. The van der Waals surface area contributed by atoms with Crippen LogP contribution in [0, 0.1) is 5.92 Å². The van der Waals surface area contributed by atoms with Crippen LogP contribution in [0.5, 0.6) is 0 Å². The van der Waals surface area contributed by atoms with Crippen molar-refractivity contribution in [2.24, 2.45) is 5.92 Å². The van der Waals surface area contributed by atoms with Crippen LogP contribution < -0.4 is 17.0 Å². The average Bonchev–Trinajstić information content (AvgIpc) is 2.51. The summed E-state index contributed by atoms with van der Waals surface area (Å²) >= 11 is 1.51. The Kier molecular flexibility index (Phi) is 25.5. The maximum absolute atomic E-state index is 2.31. The van der Waals surface area contributed by atoms with Crippen LogP contribution in [-0.4, -0.2) is 0 Å². The first kappa shape index (κ1) is 25.3. The van der Waals surface area contributed by atoms with Crippen molar-refractivity contribution in [3.63, 3.8) is 0 Å². The molecule has 0 aromatic rings. The Morgan fingerprint density at radius 1 is 0.545 bits per heavy atom. The molecule has 0 saturated heterocycles. The molecule has 0 N–H and O–H groups in total. The van der Waals surface area contributed by atoms with Crippen LogP contribution in [0.1, 0.15) is 117 Å². The molecular weight excluding hydrogens is 386 g/mol. The second-order valence-electron chi connectivity index (χ2n) is 6.97. The molecule has 22 heavy (non-hydrogen) atoms. The van der Waals surface area contributed by atoms with Crippen LogP contribution in [0.4, 0.5) is 0 Å². The minimum absolute atomic E-state index is 0. The molecule has 0 aliphatic carbocycles. The summed E-state index contributed by atoms with van der Waals surface area (Å²) < 4.78 is 0. The van der Waals surface area contributed by atoms with E-state index in [0.717, 1.165) is 5.92 Å². The van der Waals surface area contributed by atoms with Gasteiger partial charge in [0.15, 0.2) is 0 Å². The van der Waals surface area contributed by atoms with Crippen LogP contribution >= 0.6 is 0 Å². The molecule has 0 spiro atoms. The third-order valence-corrected chi connectivity index (χ3v) is 6.55.